The fraction of sp³-hybridized carbons (Fsp3) is 0.433. The first kappa shape index (κ1) is 28.4. The minimum absolute atomic E-state index is 0.391. The van der Waals surface area contributed by atoms with Crippen molar-refractivity contribution < 1.29 is 23.6 Å². The van der Waals surface area contributed by atoms with Crippen LogP contribution < -0.4 is 9.30 Å². The summed E-state index contributed by atoms with van der Waals surface area (Å²) in [5.74, 6) is 1.66. The Morgan fingerprint density at radius 1 is 1.18 bits per heavy atom. The maximum atomic E-state index is 13.0. The first-order chi connectivity index (χ1) is 18.3. The second kappa shape index (κ2) is 10.9. The molecule has 0 atom stereocenters. The molecule has 0 saturated heterocycles. The van der Waals surface area contributed by atoms with Gasteiger partial charge in [0.05, 0.1) is 30.7 Å². The highest BCUT2D eigenvalue weighted by molar-refractivity contribution is 6.76. The predicted octanol–water partition coefficient (Wildman–Crippen LogP) is 6.29. The lowest BCUT2D eigenvalue weighted by molar-refractivity contribution is -0.715. The fourth-order valence-corrected chi connectivity index (χ4v) is 5.45. The molecule has 0 radical (unpaired) electrons. The van der Waals surface area contributed by atoms with E-state index < -0.39 is 19.8 Å². The molecule has 0 bridgehead atoms. The molecule has 0 fully saturated rings. The van der Waals surface area contributed by atoms with Crippen molar-refractivity contribution in [3.8, 4) is 11.8 Å². The average Bonchev–Trinajstić information content (AvgIpc) is 3.43. The molecule has 39 heavy (non-hydrogen) atoms. The van der Waals surface area contributed by atoms with Crippen LogP contribution in [-0.4, -0.2) is 43.0 Å². The SMILES string of the molecule is COc1cc(C)c2c(ccn2C(=O)OC(C)(C)C)c1Cc1[nH]c2cc(C#N)ccc2[n+]1COCC[Si](C)(C)C. The molecule has 8 nitrogen and oxygen atoms in total. The molecular weight excluding hydrogens is 508 g/mol. The summed E-state index contributed by atoms with van der Waals surface area (Å²) >= 11 is 0. The number of benzene rings is 2. The molecular formula is C30H39N4O4Si+. The van der Waals surface area contributed by atoms with E-state index in [1.807, 2.05) is 58.0 Å². The van der Waals surface area contributed by atoms with E-state index in [-0.39, 0.29) is 0 Å². The van der Waals surface area contributed by atoms with E-state index in [1.54, 1.807) is 17.9 Å². The van der Waals surface area contributed by atoms with Gasteiger partial charge >= 0.3 is 6.09 Å². The number of carbonyl (C=O) groups is 1. The number of ether oxygens (including phenoxy) is 3. The van der Waals surface area contributed by atoms with Gasteiger partial charge in [-0.3, -0.25) is 4.57 Å². The molecule has 0 aliphatic carbocycles. The van der Waals surface area contributed by atoms with Crippen molar-refractivity contribution in [1.82, 2.24) is 9.55 Å². The Bertz CT molecular complexity index is 1560. The van der Waals surface area contributed by atoms with Crippen LogP contribution >= 0.6 is 0 Å². The third kappa shape index (κ3) is 6.35. The maximum Gasteiger partial charge on any atom is 0.419 e. The minimum atomic E-state index is -1.23. The lowest BCUT2D eigenvalue weighted by Gasteiger charge is -2.20. The first-order valence-electron chi connectivity index (χ1n) is 13.2. The molecule has 0 aliphatic rings. The lowest BCUT2D eigenvalue weighted by Crippen LogP contribution is -2.39. The molecule has 0 saturated carbocycles. The molecule has 4 aromatic rings. The lowest BCUT2D eigenvalue weighted by atomic mass is 10.0. The molecule has 2 aromatic carbocycles. The fourth-order valence-electron chi connectivity index (χ4n) is 4.69. The number of methoxy groups -OCH3 is 1. The number of H-pyrrole nitrogens is 1. The van der Waals surface area contributed by atoms with Crippen molar-refractivity contribution in [2.45, 2.75) is 72.1 Å². The van der Waals surface area contributed by atoms with Crippen LogP contribution in [0.15, 0.2) is 36.5 Å². The molecule has 0 amide bonds. The summed E-state index contributed by atoms with van der Waals surface area (Å²) in [5.41, 5.74) is 4.47. The molecule has 4 rings (SSSR count). The number of fused-ring (bicyclic) bond motifs is 2. The number of nitriles is 1. The molecule has 1 N–H and O–H groups in total. The average molecular weight is 548 g/mol. The quantitative estimate of drug-likeness (QED) is 0.159. The summed E-state index contributed by atoms with van der Waals surface area (Å²) in [7, 11) is 0.434. The van der Waals surface area contributed by atoms with Gasteiger partial charge in [0, 0.05) is 37.9 Å². The monoisotopic (exact) mass is 547 g/mol. The highest BCUT2D eigenvalue weighted by Gasteiger charge is 2.26. The van der Waals surface area contributed by atoms with E-state index in [0.717, 1.165) is 50.7 Å². The van der Waals surface area contributed by atoms with Crippen molar-refractivity contribution in [2.75, 3.05) is 13.7 Å². The number of hydrogen-bond donors (Lipinski definition) is 1. The van der Waals surface area contributed by atoms with Gasteiger partial charge < -0.3 is 14.2 Å². The van der Waals surface area contributed by atoms with Gasteiger partial charge in [0.25, 0.3) is 5.82 Å². The normalized spacial score (nSPS) is 12.2. The smallest absolute Gasteiger partial charge is 0.419 e. The van der Waals surface area contributed by atoms with Gasteiger partial charge in [-0.05, 0) is 63.6 Å². The van der Waals surface area contributed by atoms with Crippen molar-refractivity contribution in [2.24, 2.45) is 0 Å². The molecule has 9 heteroatoms. The van der Waals surface area contributed by atoms with Crippen LogP contribution in [0.1, 0.15) is 43.3 Å². The number of aromatic amines is 1. The highest BCUT2D eigenvalue weighted by Crippen LogP contribution is 2.34. The Labute approximate surface area is 231 Å². The van der Waals surface area contributed by atoms with Gasteiger partial charge in [-0.15, -0.1) is 0 Å². The number of nitrogens with one attached hydrogen (secondary N) is 1. The molecule has 0 spiro atoms. The third-order valence-corrected chi connectivity index (χ3v) is 8.33. The van der Waals surface area contributed by atoms with Gasteiger partial charge in [0.15, 0.2) is 17.8 Å². The van der Waals surface area contributed by atoms with Gasteiger partial charge in [0.2, 0.25) is 0 Å². The van der Waals surface area contributed by atoms with Gasteiger partial charge in [-0.25, -0.2) is 14.3 Å². The van der Waals surface area contributed by atoms with Crippen LogP contribution in [0.2, 0.25) is 25.7 Å². The number of imidazole rings is 1. The van der Waals surface area contributed by atoms with E-state index >= 15 is 0 Å². The summed E-state index contributed by atoms with van der Waals surface area (Å²) in [5, 5.41) is 10.4. The third-order valence-electron chi connectivity index (χ3n) is 6.62. The molecule has 0 unspecified atom stereocenters. The Hall–Kier alpha value is -3.61. The summed E-state index contributed by atoms with van der Waals surface area (Å²) in [6.07, 6.45) is 1.84. The van der Waals surface area contributed by atoms with Crippen LogP contribution in [0.5, 0.6) is 5.75 Å². The molecule has 206 valence electrons. The minimum Gasteiger partial charge on any atom is -0.496 e. The maximum absolute atomic E-state index is 13.0. The Kier molecular flexibility index (Phi) is 7.91. The summed E-state index contributed by atoms with van der Waals surface area (Å²) in [6, 6.07) is 12.8. The molecule has 0 aliphatic heterocycles. The molecule has 2 heterocycles. The number of rotatable bonds is 8. The van der Waals surface area contributed by atoms with Crippen LogP contribution in [0, 0.1) is 18.3 Å². The van der Waals surface area contributed by atoms with E-state index in [0.29, 0.717) is 25.3 Å². The number of aryl methyl sites for hydroxylation is 1. The van der Waals surface area contributed by atoms with Crippen LogP contribution in [0.25, 0.3) is 21.9 Å². The van der Waals surface area contributed by atoms with Crippen LogP contribution in [0.3, 0.4) is 0 Å². The van der Waals surface area contributed by atoms with Crippen molar-refractivity contribution in [3.63, 3.8) is 0 Å². The summed E-state index contributed by atoms with van der Waals surface area (Å²) in [4.78, 5) is 16.5. The van der Waals surface area contributed by atoms with E-state index in [4.69, 9.17) is 14.2 Å². The Morgan fingerprint density at radius 2 is 1.92 bits per heavy atom. The van der Waals surface area contributed by atoms with Gasteiger partial charge in [-0.1, -0.05) is 19.6 Å². The number of aromatic nitrogens is 3. The van der Waals surface area contributed by atoms with Gasteiger partial charge in [0.1, 0.15) is 11.4 Å². The second-order valence-corrected chi connectivity index (χ2v) is 17.8. The zero-order chi connectivity index (χ0) is 28.5. The Morgan fingerprint density at radius 3 is 2.56 bits per heavy atom. The summed E-state index contributed by atoms with van der Waals surface area (Å²) < 4.78 is 21.3. The van der Waals surface area contributed by atoms with Crippen molar-refractivity contribution in [1.29, 1.82) is 5.26 Å². The van der Waals surface area contributed by atoms with E-state index in [2.05, 4.69) is 35.3 Å². The van der Waals surface area contributed by atoms with Gasteiger partial charge in [-0.2, -0.15) is 5.26 Å². The standard InChI is InChI=1S/C30H38N4O4Si/c1-20-15-26(36-5)23(22-11-12-33(28(20)22)29(35)38-30(2,3)4)17-27-32-24-16-21(18-31)9-10-25(24)34(27)19-37-13-14-39(6,7)8/h9-12,15-16H,13-14,17,19H2,1-8H3/p+1. The highest BCUT2D eigenvalue weighted by atomic mass is 28.3. The predicted molar refractivity (Wildman–Crippen MR) is 155 cm³/mol. The summed E-state index contributed by atoms with van der Waals surface area (Å²) in [6.45, 7) is 15.6. The zero-order valence-electron chi connectivity index (χ0n) is 24.3. The van der Waals surface area contributed by atoms with Crippen LogP contribution in [-0.2, 0) is 22.6 Å². The number of nitrogens with zero attached hydrogens (tertiary/aromatic N) is 3. The van der Waals surface area contributed by atoms with Crippen molar-refractivity contribution >= 4 is 36.1 Å². The first-order valence-corrected chi connectivity index (χ1v) is 16.9. The Balaban J connectivity index is 1.79. The van der Waals surface area contributed by atoms with Crippen LogP contribution in [0.4, 0.5) is 4.79 Å². The zero-order valence-corrected chi connectivity index (χ0v) is 25.3. The number of hydrogen-bond acceptors (Lipinski definition) is 5. The topological polar surface area (TPSA) is 93.1 Å². The molecule has 2 aromatic heterocycles. The van der Waals surface area contributed by atoms with E-state index in [9.17, 15) is 10.1 Å². The number of carbonyl (C=O) groups excluding carboxylic acids is 1. The largest absolute Gasteiger partial charge is 0.496 e. The van der Waals surface area contributed by atoms with Crippen molar-refractivity contribution in [3.05, 3.63) is 59.0 Å². The van der Waals surface area contributed by atoms with E-state index in [1.165, 1.54) is 0 Å². The second-order valence-electron chi connectivity index (χ2n) is 12.2.